The van der Waals surface area contributed by atoms with E-state index in [4.69, 9.17) is 37.9 Å². The molecule has 2 saturated heterocycles. The minimum atomic E-state index is -1.21. The molecule has 0 atom stereocenters. The van der Waals surface area contributed by atoms with Crippen molar-refractivity contribution in [2.24, 2.45) is 0 Å². The molecule has 130 valence electrons. The van der Waals surface area contributed by atoms with Crippen molar-refractivity contribution < 1.29 is 47.5 Å². The Hall–Kier alpha value is -2.08. The first-order valence-electron chi connectivity index (χ1n) is 6.87. The lowest BCUT2D eigenvalue weighted by molar-refractivity contribution is -0.367. The number of carbonyl (C=O) groups excluding carboxylic acids is 2. The van der Waals surface area contributed by atoms with Crippen molar-refractivity contribution in [3.63, 3.8) is 0 Å². The van der Waals surface area contributed by atoms with Gasteiger partial charge in [0.05, 0.1) is 11.1 Å². The monoisotopic (exact) mass is 342 g/mol. The lowest BCUT2D eigenvalue weighted by atomic mass is 10.1. The average Bonchev–Trinajstić information content (AvgIpc) is 2.63. The van der Waals surface area contributed by atoms with E-state index in [0.717, 1.165) is 0 Å². The zero-order chi connectivity index (χ0) is 16.8. The maximum atomic E-state index is 12.2. The zero-order valence-electron chi connectivity index (χ0n) is 12.4. The molecule has 0 saturated carbocycles. The second-order valence-corrected chi connectivity index (χ2v) is 4.48. The highest BCUT2D eigenvalue weighted by Gasteiger charge is 2.27. The summed E-state index contributed by atoms with van der Waals surface area (Å²) in [7, 11) is 0. The Morgan fingerprint density at radius 2 is 1.12 bits per heavy atom. The molecule has 1 aromatic rings. The van der Waals surface area contributed by atoms with E-state index in [2.05, 4.69) is 0 Å². The highest BCUT2D eigenvalue weighted by Crippen LogP contribution is 2.16. The molecule has 2 aliphatic rings. The van der Waals surface area contributed by atoms with Gasteiger partial charge in [0.2, 0.25) is 0 Å². The van der Waals surface area contributed by atoms with Gasteiger partial charge >= 0.3 is 24.9 Å². The molecule has 0 N–H and O–H groups in total. The van der Waals surface area contributed by atoms with Crippen LogP contribution in [0.3, 0.4) is 0 Å². The van der Waals surface area contributed by atoms with Gasteiger partial charge in [0.25, 0.3) is 0 Å². The van der Waals surface area contributed by atoms with Crippen LogP contribution < -0.4 is 0 Å². The minimum Gasteiger partial charge on any atom is -0.406 e. The summed E-state index contributed by atoms with van der Waals surface area (Å²) in [4.78, 5) is 24.4. The third-order valence-electron chi connectivity index (χ3n) is 2.92. The molecule has 0 spiro atoms. The number of carbonyl (C=O) groups is 2. The van der Waals surface area contributed by atoms with E-state index in [9.17, 15) is 9.59 Å². The number of hydrogen-bond donors (Lipinski definition) is 0. The van der Waals surface area contributed by atoms with E-state index in [-0.39, 0.29) is 38.3 Å². The number of ether oxygens (including phenoxy) is 8. The molecule has 2 heterocycles. The maximum Gasteiger partial charge on any atom is 0.343 e. The largest absolute Gasteiger partial charge is 0.406 e. The van der Waals surface area contributed by atoms with Gasteiger partial charge in [0.1, 0.15) is 0 Å². The second kappa shape index (κ2) is 8.15. The summed E-state index contributed by atoms with van der Waals surface area (Å²) in [6, 6.07) is 5.95. The van der Waals surface area contributed by atoms with Crippen LogP contribution in [-0.2, 0) is 37.9 Å². The van der Waals surface area contributed by atoms with Crippen molar-refractivity contribution in [3.8, 4) is 0 Å². The van der Waals surface area contributed by atoms with E-state index in [1.807, 2.05) is 0 Å². The molecule has 3 rings (SSSR count). The molecule has 0 amide bonds. The highest BCUT2D eigenvalue weighted by molar-refractivity contribution is 6.03. The first kappa shape index (κ1) is 16.8. The fourth-order valence-electron chi connectivity index (χ4n) is 1.86. The third kappa shape index (κ3) is 4.26. The summed E-state index contributed by atoms with van der Waals surface area (Å²) in [6.07, 6.45) is 0. The number of hydrogen-bond acceptors (Lipinski definition) is 10. The van der Waals surface area contributed by atoms with E-state index in [1.165, 1.54) is 12.1 Å². The molecular weight excluding hydrogens is 328 g/mol. The van der Waals surface area contributed by atoms with E-state index < -0.39 is 24.9 Å². The predicted molar refractivity (Wildman–Crippen MR) is 70.8 cm³/mol. The topological polar surface area (TPSA) is 108 Å². The highest BCUT2D eigenvalue weighted by atomic mass is 16.9. The van der Waals surface area contributed by atoms with Crippen LogP contribution in [0.5, 0.6) is 0 Å². The van der Waals surface area contributed by atoms with E-state index >= 15 is 0 Å². The molecule has 0 aromatic heterocycles. The zero-order valence-corrected chi connectivity index (χ0v) is 12.4. The van der Waals surface area contributed by atoms with Crippen LogP contribution in [0.4, 0.5) is 0 Å². The average molecular weight is 342 g/mol. The van der Waals surface area contributed by atoms with E-state index in [1.54, 1.807) is 12.1 Å². The van der Waals surface area contributed by atoms with Crippen LogP contribution in [0.2, 0.25) is 0 Å². The van der Waals surface area contributed by atoms with Gasteiger partial charge in [-0.2, -0.15) is 0 Å². The van der Waals surface area contributed by atoms with Crippen LogP contribution in [0, 0.1) is 0 Å². The molecule has 0 aliphatic carbocycles. The Morgan fingerprint density at radius 3 is 1.50 bits per heavy atom. The molecule has 10 nitrogen and oxygen atoms in total. The van der Waals surface area contributed by atoms with Crippen LogP contribution in [0.25, 0.3) is 0 Å². The Bertz CT molecular complexity index is 526. The summed E-state index contributed by atoms with van der Waals surface area (Å²) in [5.74, 6) is -1.63. The summed E-state index contributed by atoms with van der Waals surface area (Å²) >= 11 is 0. The van der Waals surface area contributed by atoms with Gasteiger partial charge in [-0.3, -0.25) is 18.9 Å². The molecule has 1 aromatic carbocycles. The summed E-state index contributed by atoms with van der Waals surface area (Å²) < 4.78 is 39.3. The van der Waals surface area contributed by atoms with Crippen LogP contribution in [0.1, 0.15) is 20.7 Å². The fourth-order valence-corrected chi connectivity index (χ4v) is 1.86. The van der Waals surface area contributed by atoms with Crippen molar-refractivity contribution in [1.29, 1.82) is 0 Å². The van der Waals surface area contributed by atoms with Crippen molar-refractivity contribution in [1.82, 2.24) is 0 Å². The fraction of sp³-hybridized carbons (Fsp3) is 0.429. The Labute approximate surface area is 136 Å². The Morgan fingerprint density at radius 1 is 0.750 bits per heavy atom. The number of benzene rings is 1. The van der Waals surface area contributed by atoms with Gasteiger partial charge in [-0.1, -0.05) is 12.1 Å². The summed E-state index contributed by atoms with van der Waals surface area (Å²) in [6.45, 7) is -2.70. The molecule has 10 heteroatoms. The molecule has 0 unspecified atom stereocenters. The first-order chi connectivity index (χ1) is 11.7. The number of esters is 2. The van der Waals surface area contributed by atoms with Crippen molar-refractivity contribution in [2.45, 2.75) is 13.0 Å². The summed E-state index contributed by atoms with van der Waals surface area (Å²) in [5.41, 5.74) is -0.0403. The lowest BCUT2D eigenvalue weighted by Crippen LogP contribution is -2.33. The summed E-state index contributed by atoms with van der Waals surface area (Å²) in [5, 5.41) is 0. The van der Waals surface area contributed by atoms with Gasteiger partial charge in [-0.25, -0.2) is 9.59 Å². The SMILES string of the molecule is O=C(OC1OCOCO1)c1ccccc1C(=O)OC1OCOCO1. The van der Waals surface area contributed by atoms with Crippen LogP contribution in [0.15, 0.2) is 24.3 Å². The lowest BCUT2D eigenvalue weighted by Gasteiger charge is -2.23. The van der Waals surface area contributed by atoms with Gasteiger partial charge in [0, 0.05) is 0 Å². The molecule has 0 bridgehead atoms. The standard InChI is InChI=1S/C14H14O10/c15-11(23-13-19-5-17-6-20-13)9-3-1-2-4-10(9)12(16)24-14-21-7-18-8-22-14/h1-4,13-14H,5-8H2. The quantitative estimate of drug-likeness (QED) is 0.719. The molecule has 0 radical (unpaired) electrons. The van der Waals surface area contributed by atoms with Gasteiger partial charge in [-0.15, -0.1) is 0 Å². The molecule has 2 aliphatic heterocycles. The predicted octanol–water partition coefficient (Wildman–Crippen LogP) is 0.524. The van der Waals surface area contributed by atoms with Crippen LogP contribution in [-0.4, -0.2) is 52.1 Å². The van der Waals surface area contributed by atoms with Gasteiger partial charge in [-0.05, 0) is 12.1 Å². The van der Waals surface area contributed by atoms with Gasteiger partial charge < -0.3 is 18.9 Å². The van der Waals surface area contributed by atoms with Crippen LogP contribution >= 0.6 is 0 Å². The maximum absolute atomic E-state index is 12.2. The first-order valence-corrected chi connectivity index (χ1v) is 6.87. The second-order valence-electron chi connectivity index (χ2n) is 4.48. The smallest absolute Gasteiger partial charge is 0.343 e. The van der Waals surface area contributed by atoms with Crippen molar-refractivity contribution in [2.75, 3.05) is 27.2 Å². The Balaban J connectivity index is 1.67. The normalized spacial score (nSPS) is 19.7. The molecule has 24 heavy (non-hydrogen) atoms. The number of rotatable bonds is 4. The molecular formula is C14H14O10. The van der Waals surface area contributed by atoms with E-state index in [0.29, 0.717) is 0 Å². The minimum absolute atomic E-state index is 0.0201. The van der Waals surface area contributed by atoms with Gasteiger partial charge in [0.15, 0.2) is 27.2 Å². The van der Waals surface area contributed by atoms with Crippen molar-refractivity contribution in [3.05, 3.63) is 35.4 Å². The van der Waals surface area contributed by atoms with Crippen molar-refractivity contribution >= 4 is 11.9 Å². The third-order valence-corrected chi connectivity index (χ3v) is 2.92. The Kier molecular flexibility index (Phi) is 5.69. The molecule has 2 fully saturated rings.